The van der Waals surface area contributed by atoms with E-state index >= 15 is 0 Å². The maximum Gasteiger partial charge on any atom is 0.408 e. The quantitative estimate of drug-likeness (QED) is 0.613. The minimum atomic E-state index is -0.863. The molecule has 1 saturated carbocycles. The van der Waals surface area contributed by atoms with E-state index in [0.717, 1.165) is 52.0 Å². The lowest BCUT2D eigenvalue weighted by atomic mass is 9.89. The molecule has 1 aliphatic carbocycles. The van der Waals surface area contributed by atoms with Crippen molar-refractivity contribution in [3.8, 4) is 12.3 Å². The first kappa shape index (κ1) is 19.8. The lowest BCUT2D eigenvalue weighted by Crippen LogP contribution is -2.53. The maximum absolute atomic E-state index is 12.1. The Bertz CT molecular complexity index is 516. The lowest BCUT2D eigenvalue weighted by Gasteiger charge is -2.42. The molecule has 2 fully saturated rings. The summed E-state index contributed by atoms with van der Waals surface area (Å²) < 4.78 is 5.31. The van der Waals surface area contributed by atoms with Crippen LogP contribution in [0.5, 0.6) is 0 Å². The van der Waals surface area contributed by atoms with Gasteiger partial charge in [-0.3, -0.25) is 9.80 Å². The fraction of sp³-hybridized carbons (Fsp3) is 0.750. The van der Waals surface area contributed by atoms with Gasteiger partial charge in [-0.15, -0.1) is 6.42 Å². The molecule has 0 spiro atoms. The predicted molar refractivity (Wildman–Crippen MR) is 101 cm³/mol. The molecule has 5 nitrogen and oxygen atoms in total. The van der Waals surface area contributed by atoms with Crippen molar-refractivity contribution in [3.05, 3.63) is 12.2 Å². The lowest BCUT2D eigenvalue weighted by molar-refractivity contribution is 0.0607. The van der Waals surface area contributed by atoms with E-state index < -0.39 is 11.7 Å². The molecule has 1 aliphatic heterocycles. The number of hydrogen-bond donors (Lipinski definition) is 1. The Labute approximate surface area is 152 Å². The van der Waals surface area contributed by atoms with Gasteiger partial charge in [0.2, 0.25) is 0 Å². The minimum absolute atomic E-state index is 0.174. The average Bonchev–Trinajstić information content (AvgIpc) is 2.54. The molecule has 0 aromatic carbocycles. The Balaban J connectivity index is 1.78. The highest BCUT2D eigenvalue weighted by Crippen LogP contribution is 2.24. The Kier molecular flexibility index (Phi) is 6.92. The molecule has 1 heterocycles. The van der Waals surface area contributed by atoms with Crippen molar-refractivity contribution < 1.29 is 9.53 Å². The summed E-state index contributed by atoms with van der Waals surface area (Å²) in [6.07, 6.45) is 9.33. The number of ether oxygens (including phenoxy) is 1. The van der Waals surface area contributed by atoms with E-state index in [1.807, 2.05) is 0 Å². The number of nitrogens with zero attached hydrogens (tertiary/aromatic N) is 2. The van der Waals surface area contributed by atoms with Crippen LogP contribution in [0.15, 0.2) is 12.2 Å². The zero-order chi connectivity index (χ0) is 18.4. The number of alkyl carbamates (subject to hydrolysis) is 1. The second-order valence-electron chi connectivity index (χ2n) is 7.98. The molecule has 2 aliphatic rings. The van der Waals surface area contributed by atoms with Crippen molar-refractivity contribution in [1.29, 1.82) is 0 Å². The molecule has 2 rings (SSSR count). The van der Waals surface area contributed by atoms with Crippen molar-refractivity contribution in [2.24, 2.45) is 0 Å². The van der Waals surface area contributed by atoms with Crippen LogP contribution in [0.4, 0.5) is 4.79 Å². The maximum atomic E-state index is 12.1. The Hall–Kier alpha value is -1.51. The number of rotatable bonds is 5. The molecule has 0 aromatic heterocycles. The van der Waals surface area contributed by atoms with Crippen LogP contribution in [0.25, 0.3) is 0 Å². The van der Waals surface area contributed by atoms with Crippen molar-refractivity contribution in [2.45, 2.75) is 64.1 Å². The normalized spacial score (nSPS) is 25.8. The number of piperazine rings is 1. The Morgan fingerprint density at radius 3 is 2.60 bits per heavy atom. The van der Waals surface area contributed by atoms with Gasteiger partial charge in [-0.1, -0.05) is 18.1 Å². The van der Waals surface area contributed by atoms with Gasteiger partial charge in [-0.2, -0.15) is 0 Å². The van der Waals surface area contributed by atoms with Crippen LogP contribution >= 0.6 is 0 Å². The molecular weight excluding hydrogens is 314 g/mol. The molecule has 0 unspecified atom stereocenters. The van der Waals surface area contributed by atoms with Gasteiger partial charge in [-0.05, 0) is 46.5 Å². The van der Waals surface area contributed by atoms with Crippen molar-refractivity contribution in [2.75, 3.05) is 32.7 Å². The smallest absolute Gasteiger partial charge is 0.408 e. The SMILES string of the molecule is C#CC(C)(C)OC(=O)N[C@H]1CCC[C@H](N2CCN(CC(=C)C)CC2)C1. The van der Waals surface area contributed by atoms with Gasteiger partial charge >= 0.3 is 6.09 Å². The van der Waals surface area contributed by atoms with Gasteiger partial charge in [-0.25, -0.2) is 4.79 Å². The molecule has 1 amide bonds. The summed E-state index contributed by atoms with van der Waals surface area (Å²) in [5, 5.41) is 3.01. The summed E-state index contributed by atoms with van der Waals surface area (Å²) in [5.74, 6) is 2.49. The van der Waals surface area contributed by atoms with Crippen LogP contribution in [0.2, 0.25) is 0 Å². The van der Waals surface area contributed by atoms with E-state index in [1.54, 1.807) is 13.8 Å². The second kappa shape index (κ2) is 8.73. The average molecular weight is 348 g/mol. The monoisotopic (exact) mass is 347 g/mol. The summed E-state index contributed by atoms with van der Waals surface area (Å²) in [4.78, 5) is 17.1. The zero-order valence-electron chi connectivity index (χ0n) is 16.0. The summed E-state index contributed by atoms with van der Waals surface area (Å²) >= 11 is 0. The third-order valence-corrected chi connectivity index (χ3v) is 5.08. The molecule has 140 valence electrons. The first-order valence-electron chi connectivity index (χ1n) is 9.37. The van der Waals surface area contributed by atoms with Gasteiger partial charge in [0.25, 0.3) is 0 Å². The molecule has 25 heavy (non-hydrogen) atoms. The summed E-state index contributed by atoms with van der Waals surface area (Å²) in [5.41, 5.74) is 0.362. The highest BCUT2D eigenvalue weighted by Gasteiger charge is 2.30. The molecular formula is C20H33N3O2. The van der Waals surface area contributed by atoms with Gasteiger partial charge in [0, 0.05) is 44.8 Å². The van der Waals surface area contributed by atoms with E-state index in [4.69, 9.17) is 11.2 Å². The molecule has 0 radical (unpaired) electrons. The molecule has 1 N–H and O–H groups in total. The first-order chi connectivity index (χ1) is 11.8. The third kappa shape index (κ3) is 6.37. The summed E-state index contributed by atoms with van der Waals surface area (Å²) in [7, 11) is 0. The highest BCUT2D eigenvalue weighted by atomic mass is 16.6. The van der Waals surface area contributed by atoms with Crippen LogP contribution in [0, 0.1) is 12.3 Å². The van der Waals surface area contributed by atoms with Crippen LogP contribution in [0.1, 0.15) is 46.5 Å². The van der Waals surface area contributed by atoms with E-state index in [9.17, 15) is 4.79 Å². The number of carbonyl (C=O) groups is 1. The van der Waals surface area contributed by atoms with Crippen LogP contribution in [-0.4, -0.2) is 66.3 Å². The predicted octanol–water partition coefficient (Wildman–Crippen LogP) is 2.63. The van der Waals surface area contributed by atoms with Crippen molar-refractivity contribution >= 4 is 6.09 Å². The molecule has 1 saturated heterocycles. The summed E-state index contributed by atoms with van der Waals surface area (Å²) in [6.45, 7) is 14.9. The zero-order valence-corrected chi connectivity index (χ0v) is 16.0. The van der Waals surface area contributed by atoms with Gasteiger partial charge in [0.15, 0.2) is 5.60 Å². The van der Waals surface area contributed by atoms with Crippen LogP contribution < -0.4 is 5.32 Å². The van der Waals surface area contributed by atoms with Gasteiger partial charge in [0.05, 0.1) is 0 Å². The molecule has 5 heteroatoms. The number of terminal acetylenes is 1. The van der Waals surface area contributed by atoms with E-state index in [-0.39, 0.29) is 6.04 Å². The topological polar surface area (TPSA) is 44.8 Å². The van der Waals surface area contributed by atoms with E-state index in [2.05, 4.69) is 34.5 Å². The molecule has 2 atom stereocenters. The largest absolute Gasteiger partial charge is 0.430 e. The van der Waals surface area contributed by atoms with E-state index in [0.29, 0.717) is 6.04 Å². The highest BCUT2D eigenvalue weighted by molar-refractivity contribution is 5.68. The number of nitrogens with one attached hydrogen (secondary N) is 1. The molecule has 0 bridgehead atoms. The Morgan fingerprint density at radius 2 is 2.00 bits per heavy atom. The van der Waals surface area contributed by atoms with Gasteiger partial charge < -0.3 is 10.1 Å². The second-order valence-corrected chi connectivity index (χ2v) is 7.98. The van der Waals surface area contributed by atoms with Gasteiger partial charge in [0.1, 0.15) is 0 Å². The first-order valence-corrected chi connectivity index (χ1v) is 9.37. The van der Waals surface area contributed by atoms with Crippen molar-refractivity contribution in [1.82, 2.24) is 15.1 Å². The third-order valence-electron chi connectivity index (χ3n) is 5.08. The van der Waals surface area contributed by atoms with Crippen molar-refractivity contribution in [3.63, 3.8) is 0 Å². The fourth-order valence-electron chi connectivity index (χ4n) is 3.75. The summed E-state index contributed by atoms with van der Waals surface area (Å²) in [6, 6.07) is 0.722. The van der Waals surface area contributed by atoms with Crippen LogP contribution in [-0.2, 0) is 4.74 Å². The molecule has 0 aromatic rings. The van der Waals surface area contributed by atoms with Crippen LogP contribution in [0.3, 0.4) is 0 Å². The Morgan fingerprint density at radius 1 is 1.32 bits per heavy atom. The van der Waals surface area contributed by atoms with E-state index in [1.165, 1.54) is 12.0 Å². The standard InChI is InChI=1S/C20H33N3O2/c1-6-20(4,5)25-19(24)21-17-8-7-9-18(14-17)23-12-10-22(11-13-23)15-16(2)3/h1,17-18H,2,7-15H2,3-5H3,(H,21,24)/t17-,18-/m0/s1. The number of carbonyl (C=O) groups excluding carboxylic acids is 1. The number of amides is 1. The fourth-order valence-corrected chi connectivity index (χ4v) is 3.75. The number of hydrogen-bond acceptors (Lipinski definition) is 4. The minimum Gasteiger partial charge on any atom is -0.430 e.